The molecule has 0 spiro atoms. The van der Waals surface area contributed by atoms with Gasteiger partial charge in [-0.25, -0.2) is 17.8 Å². The molecule has 4 rings (SSSR count). The number of amides is 2. The van der Waals surface area contributed by atoms with Crippen LogP contribution in [0.25, 0.3) is 10.8 Å². The summed E-state index contributed by atoms with van der Waals surface area (Å²) in [5.74, 6) is -1.39. The van der Waals surface area contributed by atoms with Gasteiger partial charge in [-0.1, -0.05) is 24.3 Å². The van der Waals surface area contributed by atoms with Crippen molar-refractivity contribution in [1.29, 1.82) is 0 Å². The van der Waals surface area contributed by atoms with Gasteiger partial charge in [-0.2, -0.15) is 5.10 Å². The van der Waals surface area contributed by atoms with E-state index in [2.05, 4.69) is 20.7 Å². The van der Waals surface area contributed by atoms with Crippen LogP contribution in [0.15, 0.2) is 52.2 Å². The lowest BCUT2D eigenvalue weighted by Gasteiger charge is -2.13. The number of fused-ring (bicyclic) bond motifs is 1. The van der Waals surface area contributed by atoms with Crippen molar-refractivity contribution < 1.29 is 18.0 Å². The van der Waals surface area contributed by atoms with Crippen LogP contribution in [0.3, 0.4) is 0 Å². The second kappa shape index (κ2) is 8.75. The summed E-state index contributed by atoms with van der Waals surface area (Å²) >= 11 is 0. The molecule has 1 aromatic heterocycles. The topological polar surface area (TPSA) is 139 Å². The number of carbonyl (C=O) groups is 2. The molecule has 2 aromatic carbocycles. The normalized spacial score (nSPS) is 13.6. The number of rotatable bonds is 6. The highest BCUT2D eigenvalue weighted by molar-refractivity contribution is 7.89. The first-order chi connectivity index (χ1) is 15.7. The van der Waals surface area contributed by atoms with Gasteiger partial charge in [0.2, 0.25) is 10.0 Å². The number of sulfonamides is 1. The Kier molecular flexibility index (Phi) is 6.00. The van der Waals surface area contributed by atoms with Gasteiger partial charge in [0.05, 0.1) is 10.3 Å². The van der Waals surface area contributed by atoms with Gasteiger partial charge in [-0.05, 0) is 50.5 Å². The molecule has 0 atom stereocenters. The number of hydrogen-bond donors (Lipinski definition) is 3. The lowest BCUT2D eigenvalue weighted by atomic mass is 10.1. The fourth-order valence-corrected chi connectivity index (χ4v) is 4.69. The largest absolute Gasteiger partial charge is 0.290 e. The van der Waals surface area contributed by atoms with Crippen molar-refractivity contribution in [3.05, 3.63) is 69.6 Å². The zero-order valence-corrected chi connectivity index (χ0v) is 18.9. The number of aryl methyl sites for hydroxylation is 2. The van der Waals surface area contributed by atoms with Crippen LogP contribution >= 0.6 is 0 Å². The van der Waals surface area contributed by atoms with Gasteiger partial charge in [-0.3, -0.25) is 25.2 Å². The summed E-state index contributed by atoms with van der Waals surface area (Å²) in [7, 11) is -3.74. The Labute approximate surface area is 190 Å². The van der Waals surface area contributed by atoms with Crippen molar-refractivity contribution in [2.24, 2.45) is 0 Å². The molecule has 0 bridgehead atoms. The van der Waals surface area contributed by atoms with Crippen LogP contribution < -0.4 is 21.1 Å². The second-order valence-electron chi connectivity index (χ2n) is 7.80. The number of hydrogen-bond acceptors (Lipinski definition) is 6. The number of benzene rings is 2. The van der Waals surface area contributed by atoms with E-state index >= 15 is 0 Å². The Morgan fingerprint density at radius 2 is 1.73 bits per heavy atom. The number of aromatic nitrogens is 2. The maximum atomic E-state index is 12.8. The van der Waals surface area contributed by atoms with Crippen LogP contribution in [0.2, 0.25) is 0 Å². The van der Waals surface area contributed by atoms with E-state index in [1.165, 1.54) is 22.9 Å². The molecule has 0 aliphatic heterocycles. The Morgan fingerprint density at radius 3 is 2.39 bits per heavy atom. The smallest absolute Gasteiger partial charge is 0.267 e. The molecule has 33 heavy (non-hydrogen) atoms. The summed E-state index contributed by atoms with van der Waals surface area (Å²) in [6.07, 6.45) is 1.58. The molecule has 1 fully saturated rings. The van der Waals surface area contributed by atoms with Crippen molar-refractivity contribution in [1.82, 2.24) is 25.4 Å². The third-order valence-corrected chi connectivity index (χ3v) is 6.85. The molecule has 0 radical (unpaired) electrons. The van der Waals surface area contributed by atoms with Crippen LogP contribution in [0.1, 0.15) is 46.2 Å². The number of nitrogens with one attached hydrogen (secondary N) is 3. The number of hydrazine groups is 1. The molecule has 172 valence electrons. The second-order valence-corrected chi connectivity index (χ2v) is 9.51. The molecule has 0 saturated heterocycles. The molecule has 1 aliphatic rings. The summed E-state index contributed by atoms with van der Waals surface area (Å²) < 4.78 is 28.7. The molecule has 2 amide bonds. The number of carbonyl (C=O) groups excluding carboxylic acids is 2. The molecule has 11 heteroatoms. The monoisotopic (exact) mass is 469 g/mol. The quantitative estimate of drug-likeness (QED) is 0.464. The summed E-state index contributed by atoms with van der Waals surface area (Å²) in [6.45, 7) is 3.66. The van der Waals surface area contributed by atoms with Crippen molar-refractivity contribution in [3.8, 4) is 0 Å². The lowest BCUT2D eigenvalue weighted by molar-refractivity contribution is 0.0843. The minimum absolute atomic E-state index is 0.0194. The maximum Gasteiger partial charge on any atom is 0.290 e. The van der Waals surface area contributed by atoms with E-state index < -0.39 is 21.8 Å². The highest BCUT2D eigenvalue weighted by atomic mass is 32.2. The van der Waals surface area contributed by atoms with E-state index in [0.717, 1.165) is 12.8 Å². The molecule has 3 N–H and O–H groups in total. The summed E-state index contributed by atoms with van der Waals surface area (Å²) in [5.41, 5.74) is 4.91. The van der Waals surface area contributed by atoms with Crippen molar-refractivity contribution in [3.63, 3.8) is 0 Å². The SMILES string of the molecule is CCn1nc(C(=O)NNC(=O)c2cc(S(=O)(=O)NC3CC3)ccc2C)c2ccccc2c1=O. The van der Waals surface area contributed by atoms with Gasteiger partial charge in [0, 0.05) is 23.5 Å². The molecule has 10 nitrogen and oxygen atoms in total. The molecule has 1 heterocycles. The van der Waals surface area contributed by atoms with Crippen LogP contribution in [0.5, 0.6) is 0 Å². The first kappa shape index (κ1) is 22.6. The van der Waals surface area contributed by atoms with Crippen molar-refractivity contribution >= 4 is 32.6 Å². The third-order valence-electron chi connectivity index (χ3n) is 5.34. The fraction of sp³-hybridized carbons (Fsp3) is 0.273. The maximum absolute atomic E-state index is 12.8. The first-order valence-electron chi connectivity index (χ1n) is 10.4. The Balaban J connectivity index is 1.56. The van der Waals surface area contributed by atoms with Gasteiger partial charge in [0.15, 0.2) is 5.69 Å². The predicted octanol–water partition coefficient (Wildman–Crippen LogP) is 1.24. The average molecular weight is 470 g/mol. The van der Waals surface area contributed by atoms with Gasteiger partial charge >= 0.3 is 0 Å². The van der Waals surface area contributed by atoms with Gasteiger partial charge in [0.25, 0.3) is 17.4 Å². The highest BCUT2D eigenvalue weighted by Crippen LogP contribution is 2.23. The van der Waals surface area contributed by atoms with E-state index in [4.69, 9.17) is 0 Å². The van der Waals surface area contributed by atoms with Crippen LogP contribution in [-0.2, 0) is 16.6 Å². The zero-order chi connectivity index (χ0) is 23.8. The van der Waals surface area contributed by atoms with Crippen LogP contribution in [-0.4, -0.2) is 36.1 Å². The molecule has 1 saturated carbocycles. The zero-order valence-electron chi connectivity index (χ0n) is 18.1. The predicted molar refractivity (Wildman–Crippen MR) is 121 cm³/mol. The molecule has 1 aliphatic carbocycles. The molecular formula is C22H23N5O5S. The number of nitrogens with zero attached hydrogens (tertiary/aromatic N) is 2. The van der Waals surface area contributed by atoms with E-state index in [-0.39, 0.29) is 34.3 Å². The lowest BCUT2D eigenvalue weighted by Crippen LogP contribution is -2.43. The summed E-state index contributed by atoms with van der Waals surface area (Å²) in [5, 5.41) is 4.81. The standard InChI is InChI=1S/C22H23N5O5S/c1-3-27-22(30)17-7-5-4-6-16(17)19(25-27)21(29)24-23-20(28)18-12-15(11-8-13(18)2)33(31,32)26-14-9-10-14/h4-8,11-12,14,26H,3,9-10H2,1-2H3,(H,23,28)(H,24,29). The summed E-state index contributed by atoms with van der Waals surface area (Å²) in [4.78, 5) is 38.0. The van der Waals surface area contributed by atoms with E-state index in [1.54, 1.807) is 38.1 Å². The van der Waals surface area contributed by atoms with Gasteiger partial charge in [0.1, 0.15) is 0 Å². The van der Waals surface area contributed by atoms with Gasteiger partial charge in [-0.15, -0.1) is 0 Å². The van der Waals surface area contributed by atoms with Crippen LogP contribution in [0.4, 0.5) is 0 Å². The van der Waals surface area contributed by atoms with Crippen molar-refractivity contribution in [2.45, 2.75) is 44.2 Å². The van der Waals surface area contributed by atoms with E-state index in [9.17, 15) is 22.8 Å². The molecule has 0 unspecified atom stereocenters. The molecule has 3 aromatic rings. The van der Waals surface area contributed by atoms with E-state index in [1.807, 2.05) is 0 Å². The van der Waals surface area contributed by atoms with Crippen molar-refractivity contribution in [2.75, 3.05) is 0 Å². The summed E-state index contributed by atoms with van der Waals surface area (Å²) in [6, 6.07) is 10.7. The Morgan fingerprint density at radius 1 is 1.06 bits per heavy atom. The minimum Gasteiger partial charge on any atom is -0.267 e. The third kappa shape index (κ3) is 4.64. The average Bonchev–Trinajstić information content (AvgIpc) is 3.61. The fourth-order valence-electron chi connectivity index (χ4n) is 3.36. The van der Waals surface area contributed by atoms with Gasteiger partial charge < -0.3 is 0 Å². The highest BCUT2D eigenvalue weighted by Gasteiger charge is 2.28. The van der Waals surface area contributed by atoms with E-state index in [0.29, 0.717) is 16.3 Å². The molecular weight excluding hydrogens is 446 g/mol. The minimum atomic E-state index is -3.74. The van der Waals surface area contributed by atoms with Crippen LogP contribution in [0, 0.1) is 6.92 Å². The Hall–Kier alpha value is -3.57. The Bertz CT molecular complexity index is 1430. The first-order valence-corrected chi connectivity index (χ1v) is 11.9.